The third-order valence-corrected chi connectivity index (χ3v) is 4.07. The molecule has 0 aromatic heterocycles. The molecule has 148 valence electrons. The maximum Gasteiger partial charge on any atom is 0.316 e. The van der Waals surface area contributed by atoms with E-state index in [0.29, 0.717) is 31.8 Å². The lowest BCUT2D eigenvalue weighted by atomic mass is 10.1. The van der Waals surface area contributed by atoms with Crippen molar-refractivity contribution in [3.05, 3.63) is 24.3 Å². The number of hydrogen-bond acceptors (Lipinski definition) is 6. The molecule has 0 bridgehead atoms. The monoisotopic (exact) mass is 432 g/mol. The zero-order chi connectivity index (χ0) is 19.4. The molecule has 0 aliphatic rings. The lowest BCUT2D eigenvalue weighted by Crippen LogP contribution is -2.37. The van der Waals surface area contributed by atoms with Crippen molar-refractivity contribution in [3.8, 4) is 11.5 Å². The van der Waals surface area contributed by atoms with Crippen LogP contribution in [-0.2, 0) is 19.0 Å². The van der Waals surface area contributed by atoms with E-state index in [1.807, 2.05) is 45.0 Å². The second kappa shape index (κ2) is 12.9. The van der Waals surface area contributed by atoms with Crippen molar-refractivity contribution >= 4 is 21.9 Å². The minimum atomic E-state index is -0.494. The Morgan fingerprint density at radius 3 is 2.12 bits per heavy atom. The number of carbonyl (C=O) groups excluding carboxylic acids is 1. The Bertz CT molecular complexity index is 501. The quantitative estimate of drug-likeness (QED) is 0.267. The third-order valence-electron chi connectivity index (χ3n) is 3.61. The van der Waals surface area contributed by atoms with E-state index in [-0.39, 0.29) is 23.5 Å². The fourth-order valence-electron chi connectivity index (χ4n) is 2.38. The Labute approximate surface area is 164 Å². The van der Waals surface area contributed by atoms with Gasteiger partial charge in [0.15, 0.2) is 6.29 Å². The molecule has 1 rings (SSSR count). The van der Waals surface area contributed by atoms with Crippen LogP contribution in [0.1, 0.15) is 33.6 Å². The van der Waals surface area contributed by atoms with Crippen molar-refractivity contribution in [1.29, 1.82) is 0 Å². The molecule has 0 saturated carbocycles. The maximum atomic E-state index is 11.4. The molecule has 0 spiro atoms. The Kier molecular flexibility index (Phi) is 11.3. The molecule has 0 aliphatic heterocycles. The van der Waals surface area contributed by atoms with E-state index in [1.54, 1.807) is 7.11 Å². The number of ether oxygens (including phenoxy) is 5. The third kappa shape index (κ3) is 8.38. The van der Waals surface area contributed by atoms with Crippen LogP contribution >= 0.6 is 15.9 Å². The number of halogens is 1. The first-order valence-corrected chi connectivity index (χ1v) is 9.95. The van der Waals surface area contributed by atoms with Gasteiger partial charge in [0, 0.05) is 13.2 Å². The molecule has 0 heterocycles. The van der Waals surface area contributed by atoms with E-state index < -0.39 is 6.29 Å². The van der Waals surface area contributed by atoms with Crippen LogP contribution in [0.2, 0.25) is 0 Å². The smallest absolute Gasteiger partial charge is 0.316 e. The molecule has 0 amide bonds. The molecule has 0 saturated heterocycles. The van der Waals surface area contributed by atoms with Gasteiger partial charge in [-0.2, -0.15) is 0 Å². The Morgan fingerprint density at radius 2 is 1.62 bits per heavy atom. The zero-order valence-electron chi connectivity index (χ0n) is 15.9. The van der Waals surface area contributed by atoms with Crippen molar-refractivity contribution in [2.45, 2.75) is 52.1 Å². The minimum Gasteiger partial charge on any atom is -0.497 e. The van der Waals surface area contributed by atoms with Gasteiger partial charge in [-0.3, -0.25) is 4.79 Å². The number of benzene rings is 1. The van der Waals surface area contributed by atoms with Crippen molar-refractivity contribution in [2.75, 3.05) is 25.7 Å². The summed E-state index contributed by atoms with van der Waals surface area (Å²) in [5.74, 6) is 1.18. The average Bonchev–Trinajstić information content (AvgIpc) is 2.65. The molecule has 0 aliphatic carbocycles. The minimum absolute atomic E-state index is 0.184. The van der Waals surface area contributed by atoms with Gasteiger partial charge in [-0.15, -0.1) is 0 Å². The van der Waals surface area contributed by atoms with E-state index in [4.69, 9.17) is 23.7 Å². The molecule has 7 heteroatoms. The average molecular weight is 433 g/mol. The van der Waals surface area contributed by atoms with E-state index in [9.17, 15) is 4.79 Å². The standard InChI is InChI=1S/C19H29BrO6/c1-5-23-19(24-6-2)17(12-7-14(3)25-18(21)13-20)26-16-10-8-15(22-4)9-11-16/h8-11,14,17,19H,5-7,12-13H2,1-4H3/t14-,17+/m0/s1. The maximum absolute atomic E-state index is 11.4. The Morgan fingerprint density at radius 1 is 1.04 bits per heavy atom. The van der Waals surface area contributed by atoms with Gasteiger partial charge in [0.2, 0.25) is 0 Å². The molecule has 0 N–H and O–H groups in total. The van der Waals surface area contributed by atoms with Crippen molar-refractivity contribution in [3.63, 3.8) is 0 Å². The second-order valence-corrected chi connectivity index (χ2v) is 6.18. The number of hydrogen-bond donors (Lipinski definition) is 0. The molecular formula is C19H29BrO6. The largest absolute Gasteiger partial charge is 0.497 e. The van der Waals surface area contributed by atoms with E-state index >= 15 is 0 Å². The Balaban J connectivity index is 2.77. The van der Waals surface area contributed by atoms with Gasteiger partial charge in [-0.05, 0) is 57.9 Å². The number of rotatable bonds is 13. The van der Waals surface area contributed by atoms with Gasteiger partial charge in [0.05, 0.1) is 13.2 Å². The molecular weight excluding hydrogens is 404 g/mol. The van der Waals surface area contributed by atoms with Gasteiger partial charge in [0.1, 0.15) is 22.9 Å². The summed E-state index contributed by atoms with van der Waals surface area (Å²) in [5, 5.41) is 0.184. The molecule has 6 nitrogen and oxygen atoms in total. The molecule has 2 atom stereocenters. The highest BCUT2D eigenvalue weighted by atomic mass is 79.9. The van der Waals surface area contributed by atoms with Crippen molar-refractivity contribution in [1.82, 2.24) is 0 Å². The fourth-order valence-corrected chi connectivity index (χ4v) is 2.52. The first kappa shape index (κ1) is 22.7. The van der Waals surface area contributed by atoms with Crippen LogP contribution in [0.25, 0.3) is 0 Å². The number of alkyl halides is 1. The fraction of sp³-hybridized carbons (Fsp3) is 0.632. The van der Waals surface area contributed by atoms with Crippen molar-refractivity contribution < 1.29 is 28.5 Å². The highest BCUT2D eigenvalue weighted by molar-refractivity contribution is 9.09. The molecule has 0 radical (unpaired) electrons. The SMILES string of the molecule is CCOC(OCC)[C@@H](CC[C@H](C)OC(=O)CBr)Oc1ccc(OC)cc1. The van der Waals surface area contributed by atoms with Crippen LogP contribution in [-0.4, -0.2) is 50.1 Å². The number of carbonyl (C=O) groups is 1. The topological polar surface area (TPSA) is 63.2 Å². The lowest BCUT2D eigenvalue weighted by Gasteiger charge is -2.28. The zero-order valence-corrected chi connectivity index (χ0v) is 17.5. The van der Waals surface area contributed by atoms with Crippen LogP contribution in [0.4, 0.5) is 0 Å². The van der Waals surface area contributed by atoms with Crippen LogP contribution in [0.3, 0.4) is 0 Å². The van der Waals surface area contributed by atoms with E-state index in [1.165, 1.54) is 0 Å². The second-order valence-electron chi connectivity index (χ2n) is 5.62. The summed E-state index contributed by atoms with van der Waals surface area (Å²) in [7, 11) is 1.62. The van der Waals surface area contributed by atoms with Gasteiger partial charge < -0.3 is 23.7 Å². The van der Waals surface area contributed by atoms with Crippen LogP contribution < -0.4 is 9.47 Å². The molecule has 1 aromatic carbocycles. The summed E-state index contributed by atoms with van der Waals surface area (Å²) in [4.78, 5) is 11.4. The summed E-state index contributed by atoms with van der Waals surface area (Å²) in [5.41, 5.74) is 0. The summed E-state index contributed by atoms with van der Waals surface area (Å²) >= 11 is 3.09. The van der Waals surface area contributed by atoms with E-state index in [2.05, 4.69) is 15.9 Å². The molecule has 1 aromatic rings. The van der Waals surface area contributed by atoms with Crippen LogP contribution in [0.5, 0.6) is 11.5 Å². The summed E-state index contributed by atoms with van der Waals surface area (Å²) in [6.45, 7) is 6.72. The normalized spacial score (nSPS) is 13.3. The molecule has 26 heavy (non-hydrogen) atoms. The number of esters is 1. The predicted molar refractivity (Wildman–Crippen MR) is 103 cm³/mol. The highest BCUT2D eigenvalue weighted by Gasteiger charge is 2.25. The first-order chi connectivity index (χ1) is 12.5. The van der Waals surface area contributed by atoms with Gasteiger partial charge in [0.25, 0.3) is 0 Å². The summed E-state index contributed by atoms with van der Waals surface area (Å²) in [6, 6.07) is 7.36. The van der Waals surface area contributed by atoms with Crippen LogP contribution in [0, 0.1) is 0 Å². The first-order valence-electron chi connectivity index (χ1n) is 8.83. The lowest BCUT2D eigenvalue weighted by molar-refractivity contribution is -0.185. The molecule has 0 fully saturated rings. The van der Waals surface area contributed by atoms with Crippen molar-refractivity contribution in [2.24, 2.45) is 0 Å². The molecule has 0 unspecified atom stereocenters. The van der Waals surface area contributed by atoms with Gasteiger partial charge >= 0.3 is 5.97 Å². The summed E-state index contributed by atoms with van der Waals surface area (Å²) < 4.78 is 28.0. The van der Waals surface area contributed by atoms with Crippen LogP contribution in [0.15, 0.2) is 24.3 Å². The highest BCUT2D eigenvalue weighted by Crippen LogP contribution is 2.22. The van der Waals surface area contributed by atoms with Gasteiger partial charge in [-0.1, -0.05) is 15.9 Å². The predicted octanol–water partition coefficient (Wildman–Crippen LogP) is 3.95. The van der Waals surface area contributed by atoms with E-state index in [0.717, 1.165) is 5.75 Å². The van der Waals surface area contributed by atoms with Gasteiger partial charge in [-0.25, -0.2) is 0 Å². The number of methoxy groups -OCH3 is 1. The Hall–Kier alpha value is -1.31. The summed E-state index contributed by atoms with van der Waals surface area (Å²) in [6.07, 6.45) is 0.217.